The number of allylic oxidation sites excluding steroid dienone is 2. The van der Waals surface area contributed by atoms with Crippen molar-refractivity contribution in [2.45, 2.75) is 76.9 Å². The Labute approximate surface area is 168 Å². The van der Waals surface area contributed by atoms with Crippen molar-refractivity contribution >= 4 is 11.7 Å². The molecule has 1 amide bonds. The predicted molar refractivity (Wildman–Crippen MR) is 110 cm³/mol. The maximum Gasteiger partial charge on any atom is 0.220 e. The number of aliphatic hydroxyl groups is 3. The van der Waals surface area contributed by atoms with Crippen LogP contribution < -0.4 is 5.32 Å². The van der Waals surface area contributed by atoms with Gasteiger partial charge in [0.05, 0.1) is 18.8 Å². The predicted octanol–water partition coefficient (Wildman–Crippen LogP) is 2.28. The van der Waals surface area contributed by atoms with Gasteiger partial charge in [0.2, 0.25) is 5.91 Å². The first-order valence-electron chi connectivity index (χ1n) is 10.6. The standard InChI is InChI=1S/C22H37NO5/c1-2-3-6-9-17(25)12-13-19-18(20(26)16-21(19)27)10-7-4-5-8-11-22(28)23-14-15-24/h4,7,12-13,17-19,21,24-25,27H,2-3,5-6,8-11,14-16H2,1H3,(H,23,28)/b7-4-,13-12+/t17?,18?,19-,21?/m1/s1. The molecule has 4 N–H and O–H groups in total. The number of aliphatic hydroxyl groups excluding tert-OH is 3. The van der Waals surface area contributed by atoms with Gasteiger partial charge >= 0.3 is 0 Å². The maximum absolute atomic E-state index is 12.2. The van der Waals surface area contributed by atoms with Crippen LogP contribution >= 0.6 is 0 Å². The molecule has 3 unspecified atom stereocenters. The van der Waals surface area contributed by atoms with E-state index in [0.29, 0.717) is 25.7 Å². The Balaban J connectivity index is 2.40. The van der Waals surface area contributed by atoms with E-state index in [1.165, 1.54) is 0 Å². The van der Waals surface area contributed by atoms with Gasteiger partial charge in [-0.15, -0.1) is 0 Å². The second-order valence-corrected chi connectivity index (χ2v) is 7.54. The number of amides is 1. The van der Waals surface area contributed by atoms with Gasteiger partial charge in [-0.05, 0) is 25.7 Å². The van der Waals surface area contributed by atoms with Crippen LogP contribution in [0.2, 0.25) is 0 Å². The summed E-state index contributed by atoms with van der Waals surface area (Å²) in [6.45, 7) is 2.34. The van der Waals surface area contributed by atoms with Crippen LogP contribution in [0.3, 0.4) is 0 Å². The van der Waals surface area contributed by atoms with Crippen molar-refractivity contribution in [3.05, 3.63) is 24.3 Å². The third-order valence-corrected chi connectivity index (χ3v) is 5.16. The maximum atomic E-state index is 12.2. The third-order valence-electron chi connectivity index (χ3n) is 5.16. The van der Waals surface area contributed by atoms with E-state index < -0.39 is 12.2 Å². The molecule has 0 aromatic heterocycles. The quantitative estimate of drug-likeness (QED) is 0.267. The molecule has 0 spiro atoms. The molecule has 1 saturated carbocycles. The van der Waals surface area contributed by atoms with Crippen molar-refractivity contribution in [3.8, 4) is 0 Å². The van der Waals surface area contributed by atoms with E-state index in [9.17, 15) is 19.8 Å². The van der Waals surface area contributed by atoms with E-state index in [2.05, 4.69) is 12.2 Å². The zero-order valence-corrected chi connectivity index (χ0v) is 17.1. The van der Waals surface area contributed by atoms with Crippen molar-refractivity contribution in [1.82, 2.24) is 5.32 Å². The Morgan fingerprint density at radius 2 is 2.07 bits per heavy atom. The van der Waals surface area contributed by atoms with Crippen molar-refractivity contribution in [1.29, 1.82) is 0 Å². The lowest BCUT2D eigenvalue weighted by atomic mass is 9.90. The largest absolute Gasteiger partial charge is 0.395 e. The summed E-state index contributed by atoms with van der Waals surface area (Å²) in [4.78, 5) is 23.6. The highest BCUT2D eigenvalue weighted by Crippen LogP contribution is 2.33. The molecule has 1 aliphatic rings. The van der Waals surface area contributed by atoms with E-state index in [1.54, 1.807) is 6.08 Å². The number of carbonyl (C=O) groups excluding carboxylic acids is 2. The fourth-order valence-corrected chi connectivity index (χ4v) is 3.51. The number of nitrogens with one attached hydrogen (secondary N) is 1. The molecule has 0 bridgehead atoms. The lowest BCUT2D eigenvalue weighted by Gasteiger charge is -2.16. The first kappa shape index (κ1) is 24.5. The summed E-state index contributed by atoms with van der Waals surface area (Å²) in [6, 6.07) is 0. The van der Waals surface area contributed by atoms with E-state index in [-0.39, 0.29) is 43.1 Å². The summed E-state index contributed by atoms with van der Waals surface area (Å²) in [6.07, 6.45) is 12.7. The highest BCUT2D eigenvalue weighted by atomic mass is 16.3. The first-order chi connectivity index (χ1) is 13.5. The number of rotatable bonds is 14. The fourth-order valence-electron chi connectivity index (χ4n) is 3.51. The second kappa shape index (κ2) is 14.5. The number of unbranched alkanes of at least 4 members (excludes halogenated alkanes) is 3. The van der Waals surface area contributed by atoms with Gasteiger partial charge in [-0.1, -0.05) is 50.5 Å². The smallest absolute Gasteiger partial charge is 0.220 e. The number of Topliss-reactive ketones (excluding diaryl/α,β-unsaturated/α-hetero) is 1. The summed E-state index contributed by atoms with van der Waals surface area (Å²) in [5.74, 6) is -0.504. The average Bonchev–Trinajstić information content (AvgIpc) is 2.94. The highest BCUT2D eigenvalue weighted by molar-refractivity contribution is 5.84. The average molecular weight is 396 g/mol. The molecule has 0 heterocycles. The summed E-state index contributed by atoms with van der Waals surface area (Å²) >= 11 is 0. The molecule has 6 nitrogen and oxygen atoms in total. The van der Waals surface area contributed by atoms with Crippen molar-refractivity contribution in [2.75, 3.05) is 13.2 Å². The number of hydrogen-bond donors (Lipinski definition) is 4. The first-order valence-corrected chi connectivity index (χ1v) is 10.6. The SMILES string of the molecule is CCCCCC(O)/C=C/[C@H]1C(O)CC(=O)C1C/C=C\CCCC(=O)NCCO. The lowest BCUT2D eigenvalue weighted by Crippen LogP contribution is -2.25. The van der Waals surface area contributed by atoms with E-state index >= 15 is 0 Å². The zero-order valence-electron chi connectivity index (χ0n) is 17.1. The van der Waals surface area contributed by atoms with Gasteiger partial charge in [0.1, 0.15) is 5.78 Å². The highest BCUT2D eigenvalue weighted by Gasteiger charge is 2.39. The molecule has 160 valence electrons. The van der Waals surface area contributed by atoms with Crippen molar-refractivity contribution in [2.24, 2.45) is 11.8 Å². The van der Waals surface area contributed by atoms with Gasteiger partial charge in [0, 0.05) is 31.2 Å². The topological polar surface area (TPSA) is 107 Å². The van der Waals surface area contributed by atoms with Crippen molar-refractivity contribution in [3.63, 3.8) is 0 Å². The van der Waals surface area contributed by atoms with Gasteiger partial charge in [0.15, 0.2) is 0 Å². The molecule has 0 radical (unpaired) electrons. The minimum atomic E-state index is -0.680. The summed E-state index contributed by atoms with van der Waals surface area (Å²) < 4.78 is 0. The molecule has 1 fully saturated rings. The monoisotopic (exact) mass is 395 g/mol. The number of ketones is 1. The summed E-state index contributed by atoms with van der Waals surface area (Å²) in [7, 11) is 0. The van der Waals surface area contributed by atoms with Crippen LogP contribution in [-0.4, -0.2) is 52.4 Å². The minimum Gasteiger partial charge on any atom is -0.395 e. The molecular formula is C22H37NO5. The Morgan fingerprint density at radius 3 is 2.79 bits per heavy atom. The van der Waals surface area contributed by atoms with E-state index in [4.69, 9.17) is 5.11 Å². The number of carbonyl (C=O) groups is 2. The van der Waals surface area contributed by atoms with Gasteiger partial charge in [0.25, 0.3) is 0 Å². The second-order valence-electron chi connectivity index (χ2n) is 7.54. The summed E-state index contributed by atoms with van der Waals surface area (Å²) in [5, 5.41) is 31.5. The van der Waals surface area contributed by atoms with Crippen LogP contribution in [0.4, 0.5) is 0 Å². The van der Waals surface area contributed by atoms with Crippen LogP contribution in [0, 0.1) is 11.8 Å². The van der Waals surface area contributed by atoms with Crippen LogP contribution in [-0.2, 0) is 9.59 Å². The van der Waals surface area contributed by atoms with Crippen LogP contribution in [0.25, 0.3) is 0 Å². The molecule has 4 atom stereocenters. The van der Waals surface area contributed by atoms with Gasteiger partial charge in [-0.2, -0.15) is 0 Å². The lowest BCUT2D eigenvalue weighted by molar-refractivity contribution is -0.122. The Morgan fingerprint density at radius 1 is 1.29 bits per heavy atom. The molecule has 0 aliphatic heterocycles. The van der Waals surface area contributed by atoms with E-state index in [1.807, 2.05) is 18.2 Å². The molecule has 0 aromatic carbocycles. The molecular weight excluding hydrogens is 358 g/mol. The molecule has 1 aliphatic carbocycles. The molecule has 28 heavy (non-hydrogen) atoms. The minimum absolute atomic E-state index is 0.0573. The summed E-state index contributed by atoms with van der Waals surface area (Å²) in [5.41, 5.74) is 0. The molecule has 1 rings (SSSR count). The van der Waals surface area contributed by atoms with E-state index in [0.717, 1.165) is 25.7 Å². The Kier molecular flexibility index (Phi) is 12.7. The van der Waals surface area contributed by atoms with Crippen molar-refractivity contribution < 1.29 is 24.9 Å². The van der Waals surface area contributed by atoms with Gasteiger partial charge < -0.3 is 20.6 Å². The van der Waals surface area contributed by atoms with Gasteiger partial charge in [-0.3, -0.25) is 9.59 Å². The molecule has 0 aromatic rings. The molecule has 6 heteroatoms. The Hall–Kier alpha value is -1.50. The van der Waals surface area contributed by atoms with Crippen LogP contribution in [0.5, 0.6) is 0 Å². The Bertz CT molecular complexity index is 517. The van der Waals surface area contributed by atoms with Gasteiger partial charge in [-0.25, -0.2) is 0 Å². The zero-order chi connectivity index (χ0) is 20.8. The van der Waals surface area contributed by atoms with Crippen LogP contribution in [0.15, 0.2) is 24.3 Å². The molecule has 0 saturated heterocycles. The third kappa shape index (κ3) is 9.62. The number of hydrogen-bond acceptors (Lipinski definition) is 5. The fraction of sp³-hybridized carbons (Fsp3) is 0.727. The van der Waals surface area contributed by atoms with Crippen LogP contribution in [0.1, 0.15) is 64.7 Å². The normalized spacial score (nSPS) is 23.7.